The highest BCUT2D eigenvalue weighted by atomic mass is 16.6. The van der Waals surface area contributed by atoms with Crippen molar-refractivity contribution in [3.05, 3.63) is 0 Å². The molecule has 1 fully saturated rings. The summed E-state index contributed by atoms with van der Waals surface area (Å²) in [6.45, 7) is 1.84. The van der Waals surface area contributed by atoms with Crippen LogP contribution in [-0.2, 0) is 14.3 Å². The van der Waals surface area contributed by atoms with E-state index in [9.17, 15) is 9.90 Å². The van der Waals surface area contributed by atoms with Gasteiger partial charge in [0, 0.05) is 0 Å². The highest BCUT2D eigenvalue weighted by molar-refractivity contribution is 5.75. The summed E-state index contributed by atoms with van der Waals surface area (Å²) in [5, 5.41) is 18.3. The number of hydrogen-bond donors (Lipinski definition) is 2. The normalized spacial score (nSPS) is 28.8. The molecule has 1 rings (SSSR count). The minimum atomic E-state index is -1.23. The van der Waals surface area contributed by atoms with Crippen LogP contribution in [0.3, 0.4) is 0 Å². The van der Waals surface area contributed by atoms with Crippen LogP contribution in [-0.4, -0.2) is 47.7 Å². The van der Waals surface area contributed by atoms with Gasteiger partial charge in [0.25, 0.3) is 0 Å². The number of carbonyl (C=O) groups is 1. The van der Waals surface area contributed by atoms with Gasteiger partial charge in [0.2, 0.25) is 0 Å². The van der Waals surface area contributed by atoms with Gasteiger partial charge in [-0.25, -0.2) is 4.79 Å². The van der Waals surface area contributed by atoms with Crippen LogP contribution in [0.1, 0.15) is 19.8 Å². The smallest absolute Gasteiger partial charge is 0.337 e. The van der Waals surface area contributed by atoms with Crippen molar-refractivity contribution in [1.29, 1.82) is 0 Å². The molecule has 0 radical (unpaired) electrons. The van der Waals surface area contributed by atoms with Gasteiger partial charge in [-0.05, 0) is 19.8 Å². The van der Waals surface area contributed by atoms with E-state index in [1.807, 2.05) is 0 Å². The third-order valence-electron chi connectivity index (χ3n) is 2.22. The summed E-state index contributed by atoms with van der Waals surface area (Å²) in [6, 6.07) is 0. The molecule has 0 spiro atoms. The number of rotatable bonds is 4. The molecule has 0 aromatic heterocycles. The Labute approximate surface area is 82.6 Å². The Morgan fingerprint density at radius 2 is 2.36 bits per heavy atom. The summed E-state index contributed by atoms with van der Waals surface area (Å²) in [5.74, 6) is -0.656. The van der Waals surface area contributed by atoms with Gasteiger partial charge >= 0.3 is 5.97 Å². The Bertz CT molecular complexity index is 194. The maximum Gasteiger partial charge on any atom is 0.337 e. The zero-order valence-electron chi connectivity index (χ0n) is 8.18. The van der Waals surface area contributed by atoms with Crippen LogP contribution in [0.2, 0.25) is 0 Å². The van der Waals surface area contributed by atoms with Crippen LogP contribution in [0.5, 0.6) is 0 Å². The highest BCUT2D eigenvalue weighted by Gasteiger charge is 2.34. The Morgan fingerprint density at radius 1 is 1.64 bits per heavy atom. The number of aliphatic hydroxyl groups is 2. The third-order valence-corrected chi connectivity index (χ3v) is 2.22. The minimum absolute atomic E-state index is 0.0773. The van der Waals surface area contributed by atoms with Crippen molar-refractivity contribution in [3.8, 4) is 0 Å². The van der Waals surface area contributed by atoms with Gasteiger partial charge in [-0.3, -0.25) is 0 Å². The zero-order chi connectivity index (χ0) is 10.6. The minimum Gasteiger partial charge on any atom is -0.464 e. The maximum atomic E-state index is 11.1. The Kier molecular flexibility index (Phi) is 4.31. The van der Waals surface area contributed by atoms with Crippen molar-refractivity contribution < 1.29 is 24.5 Å². The molecule has 2 N–H and O–H groups in total. The van der Waals surface area contributed by atoms with Crippen LogP contribution < -0.4 is 0 Å². The van der Waals surface area contributed by atoms with E-state index in [2.05, 4.69) is 4.74 Å². The Balaban J connectivity index is 2.38. The fourth-order valence-electron chi connectivity index (χ4n) is 1.48. The summed E-state index contributed by atoms with van der Waals surface area (Å²) in [4.78, 5) is 11.1. The molecule has 5 heteroatoms. The number of carbonyl (C=O) groups excluding carboxylic acids is 1. The van der Waals surface area contributed by atoms with E-state index in [1.54, 1.807) is 6.92 Å². The van der Waals surface area contributed by atoms with Crippen molar-refractivity contribution in [1.82, 2.24) is 0 Å². The largest absolute Gasteiger partial charge is 0.464 e. The van der Waals surface area contributed by atoms with Gasteiger partial charge in [-0.1, -0.05) is 0 Å². The standard InChI is InChI=1S/C9H16O5/c1-2-13-9(12)8(11)7-4-3-6(5-10)14-7/h6-8,10-11H,2-5H2,1H3/t6-,7-,8-/m1/s1. The fraction of sp³-hybridized carbons (Fsp3) is 0.889. The third kappa shape index (κ3) is 2.67. The van der Waals surface area contributed by atoms with E-state index in [0.29, 0.717) is 12.8 Å². The number of ether oxygens (including phenoxy) is 2. The van der Waals surface area contributed by atoms with Crippen LogP contribution in [0.15, 0.2) is 0 Å². The second-order valence-electron chi connectivity index (χ2n) is 3.25. The molecule has 1 aliphatic heterocycles. The van der Waals surface area contributed by atoms with E-state index in [-0.39, 0.29) is 19.3 Å². The van der Waals surface area contributed by atoms with E-state index < -0.39 is 18.2 Å². The Hall–Kier alpha value is -0.650. The highest BCUT2D eigenvalue weighted by Crippen LogP contribution is 2.22. The first kappa shape index (κ1) is 11.4. The molecule has 0 aromatic carbocycles. The van der Waals surface area contributed by atoms with E-state index in [4.69, 9.17) is 9.84 Å². The van der Waals surface area contributed by atoms with Crippen molar-refractivity contribution in [2.75, 3.05) is 13.2 Å². The molecule has 0 saturated carbocycles. The monoisotopic (exact) mass is 204 g/mol. The van der Waals surface area contributed by atoms with Crippen molar-refractivity contribution in [2.24, 2.45) is 0 Å². The van der Waals surface area contributed by atoms with Gasteiger partial charge in [0.15, 0.2) is 6.10 Å². The van der Waals surface area contributed by atoms with Crippen LogP contribution in [0.4, 0.5) is 0 Å². The molecular weight excluding hydrogens is 188 g/mol. The average Bonchev–Trinajstić information content (AvgIpc) is 2.65. The quantitative estimate of drug-likeness (QED) is 0.601. The molecule has 0 bridgehead atoms. The molecule has 5 nitrogen and oxygen atoms in total. The average molecular weight is 204 g/mol. The predicted octanol–water partition coefficient (Wildman–Crippen LogP) is -0.550. The van der Waals surface area contributed by atoms with E-state index in [1.165, 1.54) is 0 Å². The topological polar surface area (TPSA) is 76.0 Å². The molecule has 3 atom stereocenters. The molecule has 0 unspecified atom stereocenters. The molecule has 1 aliphatic rings. The molecule has 0 aliphatic carbocycles. The fourth-order valence-corrected chi connectivity index (χ4v) is 1.48. The van der Waals surface area contributed by atoms with Gasteiger partial charge in [0.05, 0.1) is 25.4 Å². The second kappa shape index (κ2) is 5.29. The van der Waals surface area contributed by atoms with E-state index in [0.717, 1.165) is 0 Å². The molecular formula is C9H16O5. The summed E-state index contributed by atoms with van der Waals surface area (Å²) in [5.41, 5.74) is 0. The number of aliphatic hydroxyl groups excluding tert-OH is 2. The molecule has 1 saturated heterocycles. The van der Waals surface area contributed by atoms with Crippen molar-refractivity contribution in [2.45, 2.75) is 38.1 Å². The van der Waals surface area contributed by atoms with Gasteiger partial charge in [-0.2, -0.15) is 0 Å². The van der Waals surface area contributed by atoms with Crippen LogP contribution in [0.25, 0.3) is 0 Å². The lowest BCUT2D eigenvalue weighted by atomic mass is 10.1. The van der Waals surface area contributed by atoms with Crippen LogP contribution in [0, 0.1) is 0 Å². The summed E-state index contributed by atoms with van der Waals surface area (Å²) in [7, 11) is 0. The van der Waals surface area contributed by atoms with Gasteiger partial charge < -0.3 is 19.7 Å². The predicted molar refractivity (Wildman–Crippen MR) is 47.6 cm³/mol. The molecule has 1 heterocycles. The van der Waals surface area contributed by atoms with Gasteiger partial charge in [0.1, 0.15) is 0 Å². The van der Waals surface area contributed by atoms with Crippen LogP contribution >= 0.6 is 0 Å². The zero-order valence-corrected chi connectivity index (χ0v) is 8.18. The van der Waals surface area contributed by atoms with Crippen molar-refractivity contribution >= 4 is 5.97 Å². The maximum absolute atomic E-state index is 11.1. The first-order valence-electron chi connectivity index (χ1n) is 4.80. The van der Waals surface area contributed by atoms with Gasteiger partial charge in [-0.15, -0.1) is 0 Å². The lowest BCUT2D eigenvalue weighted by Gasteiger charge is -2.16. The summed E-state index contributed by atoms with van der Waals surface area (Å²) in [6.07, 6.45) is -0.787. The lowest BCUT2D eigenvalue weighted by molar-refractivity contribution is -0.161. The lowest BCUT2D eigenvalue weighted by Crippen LogP contribution is -2.35. The Morgan fingerprint density at radius 3 is 2.86 bits per heavy atom. The summed E-state index contributed by atoms with van der Waals surface area (Å²) < 4.78 is 9.89. The van der Waals surface area contributed by atoms with Crippen molar-refractivity contribution in [3.63, 3.8) is 0 Å². The number of hydrogen-bond acceptors (Lipinski definition) is 5. The summed E-state index contributed by atoms with van der Waals surface area (Å²) >= 11 is 0. The number of esters is 1. The molecule has 0 aromatic rings. The molecule has 0 amide bonds. The SMILES string of the molecule is CCOC(=O)[C@H](O)[C@H]1CC[C@H](CO)O1. The molecule has 14 heavy (non-hydrogen) atoms. The first-order valence-corrected chi connectivity index (χ1v) is 4.80. The first-order chi connectivity index (χ1) is 6.69. The molecule has 82 valence electrons. The van der Waals surface area contributed by atoms with E-state index >= 15 is 0 Å². The second-order valence-corrected chi connectivity index (χ2v) is 3.25.